The molecule has 0 spiro atoms. The van der Waals surface area contributed by atoms with Crippen LogP contribution in [-0.4, -0.2) is 34.2 Å². The summed E-state index contributed by atoms with van der Waals surface area (Å²) in [6, 6.07) is -1.22. The van der Waals surface area contributed by atoms with Gasteiger partial charge in [-0.25, -0.2) is 4.79 Å². The first kappa shape index (κ1) is 30.9. The monoisotopic (exact) mass is 455 g/mol. The maximum atomic E-state index is 11.8. The highest BCUT2D eigenvalue weighted by Gasteiger charge is 2.24. The lowest BCUT2D eigenvalue weighted by atomic mass is 10.0. The Labute approximate surface area is 198 Å². The highest BCUT2D eigenvalue weighted by molar-refractivity contribution is 5.83. The second-order valence-electron chi connectivity index (χ2n) is 9.59. The zero-order valence-electron chi connectivity index (χ0n) is 21.2. The smallest absolute Gasteiger partial charge is 0.328 e. The van der Waals surface area contributed by atoms with Crippen molar-refractivity contribution in [2.45, 2.75) is 161 Å². The number of amides is 1. The Bertz CT molecular complexity index is 439. The number of hydrogen-bond acceptors (Lipinski definition) is 3. The lowest BCUT2D eigenvalue weighted by Crippen LogP contribution is -2.47. The van der Waals surface area contributed by atoms with Crippen molar-refractivity contribution in [1.82, 2.24) is 5.32 Å². The summed E-state index contributed by atoms with van der Waals surface area (Å²) in [5, 5.41) is 20.7. The van der Waals surface area contributed by atoms with Gasteiger partial charge in [0.15, 0.2) is 6.04 Å². The first-order valence-corrected chi connectivity index (χ1v) is 13.7. The molecule has 1 amide bonds. The quantitative estimate of drug-likeness (QED) is 0.135. The third-order valence-corrected chi connectivity index (χ3v) is 6.32. The second kappa shape index (κ2) is 23.1. The third-order valence-electron chi connectivity index (χ3n) is 6.32. The lowest BCUT2D eigenvalue weighted by Gasteiger charge is -2.16. The normalized spacial score (nSPS) is 13.1. The van der Waals surface area contributed by atoms with Gasteiger partial charge in [-0.15, -0.1) is 0 Å². The van der Waals surface area contributed by atoms with Crippen LogP contribution in [-0.2, 0) is 9.59 Å². The van der Waals surface area contributed by atoms with Crippen LogP contribution in [0.5, 0.6) is 0 Å². The minimum absolute atomic E-state index is 0.291. The molecule has 0 aromatic carbocycles. The largest absolute Gasteiger partial charge is 0.480 e. The fraction of sp³-hybridized carbons (Fsp3) is 0.926. The molecule has 0 saturated carbocycles. The molecule has 5 nitrogen and oxygen atoms in total. The van der Waals surface area contributed by atoms with E-state index in [0.717, 1.165) is 19.3 Å². The molecule has 0 unspecified atom stereocenters. The fourth-order valence-electron chi connectivity index (χ4n) is 4.18. The summed E-state index contributed by atoms with van der Waals surface area (Å²) >= 11 is 0. The van der Waals surface area contributed by atoms with Crippen LogP contribution >= 0.6 is 0 Å². The van der Waals surface area contributed by atoms with Crippen LogP contribution in [0.1, 0.15) is 149 Å². The fourth-order valence-corrected chi connectivity index (χ4v) is 4.18. The summed E-state index contributed by atoms with van der Waals surface area (Å²) in [7, 11) is 0. The zero-order chi connectivity index (χ0) is 23.9. The Morgan fingerprint density at radius 1 is 0.625 bits per heavy atom. The molecule has 0 bridgehead atoms. The van der Waals surface area contributed by atoms with E-state index in [-0.39, 0.29) is 5.91 Å². The van der Waals surface area contributed by atoms with Crippen molar-refractivity contribution in [3.63, 3.8) is 0 Å². The molecule has 0 aliphatic rings. The van der Waals surface area contributed by atoms with E-state index in [4.69, 9.17) is 5.11 Å². The standard InChI is InChI=1S/C27H53NO4/c1-3-4-5-6-7-8-9-10-11-12-13-14-15-16-17-18-19-20-21-22-23-25(30)28-26(24(2)29)27(31)32/h24,26,29H,3-23H2,1-2H3,(H,28,30)(H,31,32)/t24-,26+/m1/s1. The number of aliphatic hydroxyl groups excluding tert-OH is 1. The van der Waals surface area contributed by atoms with Gasteiger partial charge in [0.05, 0.1) is 6.10 Å². The Morgan fingerprint density at radius 3 is 1.22 bits per heavy atom. The number of unbranched alkanes of at least 4 members (excludes halogenated alkanes) is 19. The van der Waals surface area contributed by atoms with Crippen molar-refractivity contribution in [2.75, 3.05) is 0 Å². The van der Waals surface area contributed by atoms with E-state index in [1.165, 1.54) is 116 Å². The van der Waals surface area contributed by atoms with Gasteiger partial charge in [-0.2, -0.15) is 0 Å². The summed E-state index contributed by atoms with van der Waals surface area (Å²) in [5.74, 6) is -1.49. The predicted molar refractivity (Wildman–Crippen MR) is 134 cm³/mol. The summed E-state index contributed by atoms with van der Waals surface area (Å²) in [6.07, 6.45) is 25.6. The molecule has 0 saturated heterocycles. The number of aliphatic carboxylic acids is 1. The van der Waals surface area contributed by atoms with Crippen LogP contribution in [0.25, 0.3) is 0 Å². The molecule has 0 heterocycles. The highest BCUT2D eigenvalue weighted by Crippen LogP contribution is 2.15. The minimum atomic E-state index is -1.22. The molecular weight excluding hydrogens is 402 g/mol. The van der Waals surface area contributed by atoms with Gasteiger partial charge >= 0.3 is 5.97 Å². The van der Waals surface area contributed by atoms with Crippen molar-refractivity contribution < 1.29 is 19.8 Å². The first-order chi connectivity index (χ1) is 15.5. The van der Waals surface area contributed by atoms with Crippen molar-refractivity contribution in [3.8, 4) is 0 Å². The maximum Gasteiger partial charge on any atom is 0.328 e. The van der Waals surface area contributed by atoms with Gasteiger partial charge in [-0.3, -0.25) is 4.79 Å². The number of carbonyl (C=O) groups is 2. The van der Waals surface area contributed by atoms with Crippen LogP contribution in [0.3, 0.4) is 0 Å². The Morgan fingerprint density at radius 2 is 0.938 bits per heavy atom. The second-order valence-corrected chi connectivity index (χ2v) is 9.59. The van der Waals surface area contributed by atoms with E-state index in [1.807, 2.05) is 0 Å². The van der Waals surface area contributed by atoms with Crippen molar-refractivity contribution in [2.24, 2.45) is 0 Å². The number of carboxylic acid groups (broad SMARTS) is 1. The molecular formula is C27H53NO4. The van der Waals surface area contributed by atoms with E-state index in [0.29, 0.717) is 6.42 Å². The molecule has 190 valence electrons. The van der Waals surface area contributed by atoms with Crippen LogP contribution in [0.15, 0.2) is 0 Å². The van der Waals surface area contributed by atoms with E-state index in [1.54, 1.807) is 0 Å². The molecule has 0 aliphatic heterocycles. The lowest BCUT2D eigenvalue weighted by molar-refractivity contribution is -0.144. The van der Waals surface area contributed by atoms with E-state index >= 15 is 0 Å². The molecule has 2 atom stereocenters. The maximum absolute atomic E-state index is 11.8. The summed E-state index contributed by atoms with van der Waals surface area (Å²) in [4.78, 5) is 22.7. The van der Waals surface area contributed by atoms with Crippen molar-refractivity contribution in [1.29, 1.82) is 0 Å². The predicted octanol–water partition coefficient (Wildman–Crippen LogP) is 7.15. The van der Waals surface area contributed by atoms with Gasteiger partial charge in [-0.1, -0.05) is 129 Å². The van der Waals surface area contributed by atoms with Crippen LogP contribution in [0.2, 0.25) is 0 Å². The van der Waals surface area contributed by atoms with Crippen LogP contribution in [0.4, 0.5) is 0 Å². The van der Waals surface area contributed by atoms with Crippen LogP contribution < -0.4 is 5.32 Å². The van der Waals surface area contributed by atoms with Gasteiger partial charge in [0.25, 0.3) is 0 Å². The number of carboxylic acids is 1. The molecule has 0 aromatic heterocycles. The average molecular weight is 456 g/mol. The molecule has 5 heteroatoms. The summed E-state index contributed by atoms with van der Waals surface area (Å²) < 4.78 is 0. The molecule has 32 heavy (non-hydrogen) atoms. The average Bonchev–Trinajstić information content (AvgIpc) is 2.75. The number of hydrogen-bond donors (Lipinski definition) is 3. The molecule has 3 N–H and O–H groups in total. The summed E-state index contributed by atoms with van der Waals surface area (Å²) in [6.45, 7) is 3.65. The Balaban J connectivity index is 3.27. The van der Waals surface area contributed by atoms with Gasteiger partial charge in [-0.05, 0) is 13.3 Å². The Hall–Kier alpha value is -1.10. The highest BCUT2D eigenvalue weighted by atomic mass is 16.4. The number of aliphatic hydroxyl groups is 1. The van der Waals surface area contributed by atoms with Crippen molar-refractivity contribution >= 4 is 11.9 Å². The molecule has 0 aromatic rings. The number of carbonyl (C=O) groups excluding carboxylic acids is 1. The SMILES string of the molecule is CCCCCCCCCCCCCCCCCCCCCCC(=O)N[C@H](C(=O)O)[C@@H](C)O. The van der Waals surface area contributed by atoms with Crippen LogP contribution in [0, 0.1) is 0 Å². The Kier molecular flexibility index (Phi) is 22.3. The first-order valence-electron chi connectivity index (χ1n) is 13.7. The van der Waals surface area contributed by atoms with Crippen molar-refractivity contribution in [3.05, 3.63) is 0 Å². The number of nitrogens with one attached hydrogen (secondary N) is 1. The minimum Gasteiger partial charge on any atom is -0.480 e. The summed E-state index contributed by atoms with van der Waals surface area (Å²) in [5.41, 5.74) is 0. The van der Waals surface area contributed by atoms with E-state index in [9.17, 15) is 14.7 Å². The van der Waals surface area contributed by atoms with Gasteiger partial charge < -0.3 is 15.5 Å². The van der Waals surface area contributed by atoms with E-state index in [2.05, 4.69) is 12.2 Å². The molecule has 0 aliphatic carbocycles. The zero-order valence-corrected chi connectivity index (χ0v) is 21.2. The van der Waals surface area contributed by atoms with Gasteiger partial charge in [0, 0.05) is 6.42 Å². The molecule has 0 fully saturated rings. The van der Waals surface area contributed by atoms with Gasteiger partial charge in [0.2, 0.25) is 5.91 Å². The van der Waals surface area contributed by atoms with E-state index < -0.39 is 18.1 Å². The van der Waals surface area contributed by atoms with Gasteiger partial charge in [0.1, 0.15) is 0 Å². The third kappa shape index (κ3) is 20.8. The molecule has 0 rings (SSSR count). The molecule has 0 radical (unpaired) electrons. The topological polar surface area (TPSA) is 86.6 Å². The number of rotatable bonds is 24.